The number of rotatable bonds is 6. The lowest BCUT2D eigenvalue weighted by Gasteiger charge is -2.29. The van der Waals surface area contributed by atoms with Crippen LogP contribution in [-0.2, 0) is 14.4 Å². The monoisotopic (exact) mass is 330 g/mol. The van der Waals surface area contributed by atoms with Gasteiger partial charge >= 0.3 is 5.97 Å². The molecule has 1 aliphatic rings. The lowest BCUT2D eigenvalue weighted by molar-refractivity contribution is -0.145. The average Bonchev–Trinajstić information content (AvgIpc) is 2.69. The Morgan fingerprint density at radius 3 is 2.55 bits per heavy atom. The van der Waals surface area contributed by atoms with Gasteiger partial charge in [0.05, 0.1) is 0 Å². The van der Waals surface area contributed by atoms with Crippen molar-refractivity contribution in [2.45, 2.75) is 39.2 Å². The van der Waals surface area contributed by atoms with Gasteiger partial charge in [-0.25, -0.2) is 0 Å². The van der Waals surface area contributed by atoms with Crippen LogP contribution in [0.15, 0.2) is 0 Å². The highest BCUT2D eigenvalue weighted by Gasteiger charge is 2.28. The first-order valence-corrected chi connectivity index (χ1v) is 9.03. The van der Waals surface area contributed by atoms with Crippen LogP contribution in [0.25, 0.3) is 0 Å². The van der Waals surface area contributed by atoms with Crippen LogP contribution in [0, 0.1) is 5.92 Å². The van der Waals surface area contributed by atoms with Gasteiger partial charge < -0.3 is 14.9 Å². The molecule has 126 valence electrons. The van der Waals surface area contributed by atoms with Crippen molar-refractivity contribution in [2.75, 3.05) is 31.6 Å². The van der Waals surface area contributed by atoms with Crippen molar-refractivity contribution in [3.63, 3.8) is 0 Å². The highest BCUT2D eigenvalue weighted by Crippen LogP contribution is 2.19. The molecule has 1 heterocycles. The molecule has 0 aromatic carbocycles. The molecule has 0 aliphatic carbocycles. The van der Waals surface area contributed by atoms with E-state index >= 15 is 0 Å². The molecule has 0 saturated carbocycles. The summed E-state index contributed by atoms with van der Waals surface area (Å²) in [4.78, 5) is 38.2. The van der Waals surface area contributed by atoms with Gasteiger partial charge in [0.15, 0.2) is 0 Å². The number of amides is 2. The van der Waals surface area contributed by atoms with E-state index in [2.05, 4.69) is 0 Å². The third-order valence-electron chi connectivity index (χ3n) is 4.00. The molecule has 1 N–H and O–H groups in total. The minimum atomic E-state index is -0.999. The molecule has 7 heteroatoms. The number of likely N-dealkylation sites (tertiary alicyclic amines) is 1. The van der Waals surface area contributed by atoms with E-state index in [0.717, 1.165) is 18.6 Å². The number of carboxylic acid groups (broad SMARTS) is 1. The third kappa shape index (κ3) is 5.51. The summed E-state index contributed by atoms with van der Waals surface area (Å²) in [7, 11) is 0. The summed E-state index contributed by atoms with van der Waals surface area (Å²) >= 11 is 1.66. The molecule has 0 aromatic heterocycles. The van der Waals surface area contributed by atoms with Crippen molar-refractivity contribution < 1.29 is 19.5 Å². The van der Waals surface area contributed by atoms with Crippen molar-refractivity contribution in [2.24, 2.45) is 5.92 Å². The predicted octanol–water partition coefficient (Wildman–Crippen LogP) is 1.30. The zero-order valence-corrected chi connectivity index (χ0v) is 14.4. The van der Waals surface area contributed by atoms with Crippen LogP contribution in [-0.4, -0.2) is 70.4 Å². The van der Waals surface area contributed by atoms with Crippen molar-refractivity contribution in [3.05, 3.63) is 0 Å². The van der Waals surface area contributed by atoms with Crippen molar-refractivity contribution in [3.8, 4) is 0 Å². The Morgan fingerprint density at radius 2 is 2.00 bits per heavy atom. The zero-order chi connectivity index (χ0) is 16.7. The molecule has 6 nitrogen and oxygen atoms in total. The molecule has 22 heavy (non-hydrogen) atoms. The number of aliphatic carboxylic acids is 1. The summed E-state index contributed by atoms with van der Waals surface area (Å²) in [6.45, 7) is 4.35. The summed E-state index contributed by atoms with van der Waals surface area (Å²) in [6.07, 6.45) is 4.17. The fraction of sp³-hybridized carbons (Fsp3) is 0.800. The second-order valence-corrected chi connectivity index (χ2v) is 6.72. The maximum Gasteiger partial charge on any atom is 0.323 e. The second-order valence-electron chi connectivity index (χ2n) is 5.81. The highest BCUT2D eigenvalue weighted by atomic mass is 32.2. The van der Waals surface area contributed by atoms with Crippen LogP contribution < -0.4 is 0 Å². The number of nitrogens with zero attached hydrogens (tertiary/aromatic N) is 2. The zero-order valence-electron chi connectivity index (χ0n) is 13.6. The van der Waals surface area contributed by atoms with Gasteiger partial charge in [0.25, 0.3) is 0 Å². The fourth-order valence-corrected chi connectivity index (χ4v) is 3.53. The van der Waals surface area contributed by atoms with Crippen LogP contribution >= 0.6 is 11.8 Å². The molecule has 2 atom stereocenters. The van der Waals surface area contributed by atoms with Gasteiger partial charge in [0.1, 0.15) is 6.54 Å². The maximum atomic E-state index is 12.4. The predicted molar refractivity (Wildman–Crippen MR) is 86.8 cm³/mol. The van der Waals surface area contributed by atoms with E-state index < -0.39 is 5.97 Å². The number of thioether (sulfide) groups is 1. The quantitative estimate of drug-likeness (QED) is 0.794. The minimum Gasteiger partial charge on any atom is -0.480 e. The van der Waals surface area contributed by atoms with Crippen molar-refractivity contribution in [1.82, 2.24) is 9.80 Å². The van der Waals surface area contributed by atoms with E-state index in [0.29, 0.717) is 19.5 Å². The maximum absolute atomic E-state index is 12.4. The Balaban J connectivity index is 2.66. The molecule has 1 aliphatic heterocycles. The summed E-state index contributed by atoms with van der Waals surface area (Å²) in [5, 5.41) is 8.95. The molecule has 0 spiro atoms. The molecule has 0 aromatic rings. The molecular weight excluding hydrogens is 304 g/mol. The van der Waals surface area contributed by atoms with Crippen LogP contribution in [0.1, 0.15) is 33.1 Å². The Bertz CT molecular complexity index is 416. The Kier molecular flexibility index (Phi) is 7.72. The van der Waals surface area contributed by atoms with Gasteiger partial charge in [-0.3, -0.25) is 14.4 Å². The molecule has 0 bridgehead atoms. The first kappa shape index (κ1) is 18.8. The van der Waals surface area contributed by atoms with E-state index in [9.17, 15) is 14.4 Å². The summed E-state index contributed by atoms with van der Waals surface area (Å²) in [6, 6.07) is -0.0951. The van der Waals surface area contributed by atoms with Crippen LogP contribution in [0.4, 0.5) is 0 Å². The normalized spacial score (nSPS) is 20.1. The fourth-order valence-electron chi connectivity index (χ4n) is 2.89. The largest absolute Gasteiger partial charge is 0.480 e. The second kappa shape index (κ2) is 9.02. The first-order chi connectivity index (χ1) is 10.4. The van der Waals surface area contributed by atoms with E-state index in [1.807, 2.05) is 18.1 Å². The van der Waals surface area contributed by atoms with Gasteiger partial charge in [0.2, 0.25) is 11.8 Å². The number of carboxylic acids is 1. The molecule has 1 saturated heterocycles. The van der Waals surface area contributed by atoms with Gasteiger partial charge in [-0.15, -0.1) is 0 Å². The smallest absolute Gasteiger partial charge is 0.323 e. The van der Waals surface area contributed by atoms with Crippen LogP contribution in [0.5, 0.6) is 0 Å². The van der Waals surface area contributed by atoms with E-state index in [1.165, 1.54) is 11.8 Å². The summed E-state index contributed by atoms with van der Waals surface area (Å²) in [5.41, 5.74) is 0. The van der Waals surface area contributed by atoms with E-state index in [1.54, 1.807) is 11.8 Å². The SMILES string of the molecule is CSCC(C)C(=O)N1CCCC(N(CC(=O)O)C(C)=O)CC1. The Labute approximate surface area is 136 Å². The van der Waals surface area contributed by atoms with E-state index in [4.69, 9.17) is 5.11 Å². The van der Waals surface area contributed by atoms with Crippen LogP contribution in [0.3, 0.4) is 0 Å². The third-order valence-corrected chi connectivity index (χ3v) is 4.83. The van der Waals surface area contributed by atoms with Gasteiger partial charge in [0, 0.05) is 37.7 Å². The minimum absolute atomic E-state index is 0.00511. The lowest BCUT2D eigenvalue weighted by atomic mass is 10.1. The molecule has 1 fully saturated rings. The number of hydrogen-bond acceptors (Lipinski definition) is 4. The molecule has 0 radical (unpaired) electrons. The number of carbonyl (C=O) groups excluding carboxylic acids is 2. The van der Waals surface area contributed by atoms with Crippen molar-refractivity contribution >= 4 is 29.5 Å². The van der Waals surface area contributed by atoms with Gasteiger partial charge in [-0.1, -0.05) is 6.92 Å². The summed E-state index contributed by atoms with van der Waals surface area (Å²) < 4.78 is 0. The molecular formula is C15H26N2O4S. The highest BCUT2D eigenvalue weighted by molar-refractivity contribution is 7.98. The molecule has 2 unspecified atom stereocenters. The lowest BCUT2D eigenvalue weighted by Crippen LogP contribution is -2.43. The average molecular weight is 330 g/mol. The van der Waals surface area contributed by atoms with Crippen molar-refractivity contribution in [1.29, 1.82) is 0 Å². The van der Waals surface area contributed by atoms with Gasteiger partial charge in [-0.2, -0.15) is 11.8 Å². The summed E-state index contributed by atoms with van der Waals surface area (Å²) in [5.74, 6) is -0.266. The van der Waals surface area contributed by atoms with Crippen LogP contribution in [0.2, 0.25) is 0 Å². The standard InChI is InChI=1S/C15H26N2O4S/c1-11(10-22-3)15(21)16-7-4-5-13(6-8-16)17(12(2)18)9-14(19)20/h11,13H,4-10H2,1-3H3,(H,19,20). The first-order valence-electron chi connectivity index (χ1n) is 7.63. The number of hydrogen-bond donors (Lipinski definition) is 1. The Morgan fingerprint density at radius 1 is 1.32 bits per heavy atom. The topological polar surface area (TPSA) is 77.9 Å². The number of carbonyl (C=O) groups is 3. The Hall–Kier alpha value is -1.24. The van der Waals surface area contributed by atoms with Gasteiger partial charge in [-0.05, 0) is 25.5 Å². The molecule has 1 rings (SSSR count). The van der Waals surface area contributed by atoms with E-state index in [-0.39, 0.29) is 30.3 Å². The molecule has 2 amide bonds.